The van der Waals surface area contributed by atoms with Crippen LogP contribution < -0.4 is 0 Å². The molecule has 64 valence electrons. The molecule has 3 heteroatoms. The van der Waals surface area contributed by atoms with Crippen LogP contribution in [-0.2, 0) is 4.79 Å². The van der Waals surface area contributed by atoms with Crippen LogP contribution in [0.2, 0.25) is 0 Å². The van der Waals surface area contributed by atoms with Crippen molar-refractivity contribution in [1.29, 1.82) is 0 Å². The summed E-state index contributed by atoms with van der Waals surface area (Å²) >= 11 is 0. The average molecular weight is 156 g/mol. The molecule has 1 rings (SSSR count). The Balaban J connectivity index is 2.58. The Morgan fingerprint density at radius 1 is 1.36 bits per heavy atom. The van der Waals surface area contributed by atoms with Crippen LogP contribution in [0.5, 0.6) is 0 Å². The van der Waals surface area contributed by atoms with Crippen molar-refractivity contribution in [3.63, 3.8) is 0 Å². The highest BCUT2D eigenvalue weighted by molar-refractivity contribution is 5.47. The first-order valence-electron chi connectivity index (χ1n) is 3.97. The molecule has 0 aliphatic carbocycles. The molecular weight excluding hydrogens is 140 g/mol. The van der Waals surface area contributed by atoms with Gasteiger partial charge in [-0.3, -0.25) is 9.69 Å². The quantitative estimate of drug-likeness (QED) is 0.505. The number of rotatable bonds is 1. The zero-order chi connectivity index (χ0) is 8.48. The van der Waals surface area contributed by atoms with Gasteiger partial charge in [0.25, 0.3) is 0 Å². The molecule has 1 fully saturated rings. The summed E-state index contributed by atoms with van der Waals surface area (Å²) in [5.74, 6) is 0. The molecule has 0 aromatic carbocycles. The third-order valence-electron chi connectivity index (χ3n) is 2.50. The van der Waals surface area contributed by atoms with Gasteiger partial charge in [-0.1, -0.05) is 0 Å². The van der Waals surface area contributed by atoms with E-state index in [2.05, 4.69) is 25.8 Å². The molecular formula is C8H16N2O. The van der Waals surface area contributed by atoms with Gasteiger partial charge in [0.05, 0.1) is 0 Å². The second-order valence-electron chi connectivity index (χ2n) is 3.81. The van der Waals surface area contributed by atoms with Gasteiger partial charge in [-0.05, 0) is 20.9 Å². The van der Waals surface area contributed by atoms with Crippen LogP contribution in [0.1, 0.15) is 13.8 Å². The molecule has 0 N–H and O–H groups in total. The van der Waals surface area contributed by atoms with E-state index in [0.717, 1.165) is 26.0 Å². The van der Waals surface area contributed by atoms with Gasteiger partial charge in [-0.15, -0.1) is 0 Å². The lowest BCUT2D eigenvalue weighted by molar-refractivity contribution is -0.122. The SMILES string of the molecule is CN1CCN(C=O)CC1(C)C. The summed E-state index contributed by atoms with van der Waals surface area (Å²) in [7, 11) is 2.10. The fourth-order valence-corrected chi connectivity index (χ4v) is 1.37. The van der Waals surface area contributed by atoms with Gasteiger partial charge < -0.3 is 4.90 Å². The highest BCUT2D eigenvalue weighted by atomic mass is 16.1. The molecule has 0 spiro atoms. The summed E-state index contributed by atoms with van der Waals surface area (Å²) in [5, 5.41) is 0. The molecule has 11 heavy (non-hydrogen) atoms. The van der Waals surface area contributed by atoms with Crippen LogP contribution in [0.15, 0.2) is 0 Å². The van der Waals surface area contributed by atoms with Crippen molar-refractivity contribution >= 4 is 6.41 Å². The molecule has 0 aromatic heterocycles. The fourth-order valence-electron chi connectivity index (χ4n) is 1.37. The molecule has 0 unspecified atom stereocenters. The van der Waals surface area contributed by atoms with Crippen molar-refractivity contribution in [2.24, 2.45) is 0 Å². The highest BCUT2D eigenvalue weighted by Gasteiger charge is 2.29. The molecule has 1 aliphatic rings. The minimum atomic E-state index is 0.138. The molecule has 0 aromatic rings. The lowest BCUT2D eigenvalue weighted by atomic mass is 10.0. The topological polar surface area (TPSA) is 23.6 Å². The van der Waals surface area contributed by atoms with Crippen molar-refractivity contribution in [3.8, 4) is 0 Å². The van der Waals surface area contributed by atoms with E-state index in [-0.39, 0.29) is 5.54 Å². The molecule has 0 saturated carbocycles. The Labute approximate surface area is 68.0 Å². The van der Waals surface area contributed by atoms with Crippen molar-refractivity contribution < 1.29 is 4.79 Å². The van der Waals surface area contributed by atoms with Crippen molar-refractivity contribution in [2.75, 3.05) is 26.7 Å². The first-order valence-corrected chi connectivity index (χ1v) is 3.97. The maximum atomic E-state index is 10.5. The van der Waals surface area contributed by atoms with Crippen molar-refractivity contribution in [1.82, 2.24) is 9.80 Å². The first kappa shape index (κ1) is 8.53. The molecule has 0 radical (unpaired) electrons. The number of nitrogens with zero attached hydrogens (tertiary/aromatic N) is 2. The number of piperazine rings is 1. The molecule has 1 aliphatic heterocycles. The van der Waals surface area contributed by atoms with E-state index in [1.807, 2.05) is 4.90 Å². The standard InChI is InChI=1S/C8H16N2O/c1-8(2)6-10(7-11)5-4-9(8)3/h7H,4-6H2,1-3H3. The number of amides is 1. The molecule has 1 amide bonds. The minimum absolute atomic E-state index is 0.138. The van der Waals surface area contributed by atoms with Gasteiger partial charge in [0.1, 0.15) is 0 Å². The number of hydrogen-bond donors (Lipinski definition) is 0. The number of likely N-dealkylation sites (N-methyl/N-ethyl adjacent to an activating group) is 1. The summed E-state index contributed by atoms with van der Waals surface area (Å²) in [5.41, 5.74) is 0.138. The van der Waals surface area contributed by atoms with Crippen molar-refractivity contribution in [2.45, 2.75) is 19.4 Å². The highest BCUT2D eigenvalue weighted by Crippen LogP contribution is 2.17. The zero-order valence-corrected chi connectivity index (χ0v) is 7.50. The van der Waals surface area contributed by atoms with E-state index in [4.69, 9.17) is 0 Å². The summed E-state index contributed by atoms with van der Waals surface area (Å²) in [6, 6.07) is 0. The van der Waals surface area contributed by atoms with E-state index in [9.17, 15) is 4.79 Å². The van der Waals surface area contributed by atoms with Crippen molar-refractivity contribution in [3.05, 3.63) is 0 Å². The van der Waals surface area contributed by atoms with Gasteiger partial charge in [0.2, 0.25) is 6.41 Å². The predicted molar refractivity (Wildman–Crippen MR) is 44.3 cm³/mol. The smallest absolute Gasteiger partial charge is 0.209 e. The maximum absolute atomic E-state index is 10.5. The van der Waals surface area contributed by atoms with E-state index >= 15 is 0 Å². The van der Waals surface area contributed by atoms with E-state index in [1.165, 1.54) is 0 Å². The van der Waals surface area contributed by atoms with Crippen LogP contribution >= 0.6 is 0 Å². The van der Waals surface area contributed by atoms with Gasteiger partial charge in [0, 0.05) is 25.2 Å². The lowest BCUT2D eigenvalue weighted by Crippen LogP contribution is -2.57. The van der Waals surface area contributed by atoms with Gasteiger partial charge in [-0.25, -0.2) is 0 Å². The van der Waals surface area contributed by atoms with Crippen LogP contribution in [0.3, 0.4) is 0 Å². The van der Waals surface area contributed by atoms with Crippen LogP contribution in [0.4, 0.5) is 0 Å². The van der Waals surface area contributed by atoms with E-state index in [1.54, 1.807) is 0 Å². The third-order valence-corrected chi connectivity index (χ3v) is 2.50. The minimum Gasteiger partial charge on any atom is -0.342 e. The average Bonchev–Trinajstić information content (AvgIpc) is 1.95. The normalized spacial score (nSPS) is 25.2. The molecule has 1 saturated heterocycles. The van der Waals surface area contributed by atoms with Crippen LogP contribution in [-0.4, -0.2) is 48.4 Å². The Kier molecular flexibility index (Phi) is 2.18. The van der Waals surface area contributed by atoms with Crippen LogP contribution in [0, 0.1) is 0 Å². The maximum Gasteiger partial charge on any atom is 0.209 e. The third kappa shape index (κ3) is 1.71. The second-order valence-corrected chi connectivity index (χ2v) is 3.81. The van der Waals surface area contributed by atoms with Gasteiger partial charge >= 0.3 is 0 Å². The molecule has 0 bridgehead atoms. The Morgan fingerprint density at radius 2 is 2.00 bits per heavy atom. The zero-order valence-electron chi connectivity index (χ0n) is 7.50. The molecule has 0 atom stereocenters. The Hall–Kier alpha value is -0.570. The predicted octanol–water partition coefficient (Wildman–Crippen LogP) is 0.169. The first-order chi connectivity index (χ1) is 5.06. The van der Waals surface area contributed by atoms with E-state index < -0.39 is 0 Å². The largest absolute Gasteiger partial charge is 0.342 e. The van der Waals surface area contributed by atoms with Crippen LogP contribution in [0.25, 0.3) is 0 Å². The van der Waals surface area contributed by atoms with E-state index in [0.29, 0.717) is 0 Å². The number of carbonyl (C=O) groups excluding carboxylic acids is 1. The summed E-state index contributed by atoms with van der Waals surface area (Å²) in [6.07, 6.45) is 0.939. The molecule has 3 nitrogen and oxygen atoms in total. The van der Waals surface area contributed by atoms with Gasteiger partial charge in [-0.2, -0.15) is 0 Å². The Bertz CT molecular complexity index is 156. The molecule has 1 heterocycles. The fraction of sp³-hybridized carbons (Fsp3) is 0.875. The number of carbonyl (C=O) groups is 1. The number of hydrogen-bond acceptors (Lipinski definition) is 2. The Morgan fingerprint density at radius 3 is 2.45 bits per heavy atom. The van der Waals surface area contributed by atoms with Gasteiger partial charge in [0.15, 0.2) is 0 Å². The lowest BCUT2D eigenvalue weighted by Gasteiger charge is -2.43. The summed E-state index contributed by atoms with van der Waals surface area (Å²) in [6.45, 7) is 6.99. The monoisotopic (exact) mass is 156 g/mol. The summed E-state index contributed by atoms with van der Waals surface area (Å²) < 4.78 is 0. The summed E-state index contributed by atoms with van der Waals surface area (Å²) in [4.78, 5) is 14.6. The second kappa shape index (κ2) is 2.81.